The van der Waals surface area contributed by atoms with E-state index in [1.54, 1.807) is 19.2 Å². The van der Waals surface area contributed by atoms with Gasteiger partial charge in [-0.2, -0.15) is 0 Å². The van der Waals surface area contributed by atoms with Crippen molar-refractivity contribution in [2.45, 2.75) is 0 Å². The lowest BCUT2D eigenvalue weighted by atomic mass is 10.2. The van der Waals surface area contributed by atoms with E-state index in [2.05, 4.69) is 15.6 Å². The van der Waals surface area contributed by atoms with Crippen LogP contribution < -0.4 is 15.4 Å². The summed E-state index contributed by atoms with van der Waals surface area (Å²) in [5.74, 6) is -0.307. The number of halogens is 2. The first-order chi connectivity index (χ1) is 12.6. The number of hydrogen-bond donors (Lipinski definition) is 2. The maximum atomic E-state index is 13.2. The van der Waals surface area contributed by atoms with Crippen LogP contribution in [0, 0.1) is 5.82 Å². The Hall–Kier alpha value is -3.12. The van der Waals surface area contributed by atoms with Crippen LogP contribution in [0.25, 0.3) is 0 Å². The first kappa shape index (κ1) is 17.7. The number of anilines is 3. The number of pyridine rings is 1. The van der Waals surface area contributed by atoms with Gasteiger partial charge in [-0.15, -0.1) is 0 Å². The summed E-state index contributed by atoms with van der Waals surface area (Å²) in [7, 11) is 1.58. The van der Waals surface area contributed by atoms with Crippen LogP contribution in [0.2, 0.25) is 5.02 Å². The third-order valence-corrected chi connectivity index (χ3v) is 3.85. The molecule has 0 fully saturated rings. The monoisotopic (exact) mass is 371 g/mol. The molecule has 26 heavy (non-hydrogen) atoms. The number of aromatic nitrogens is 1. The summed E-state index contributed by atoms with van der Waals surface area (Å²) in [6.45, 7) is 0. The number of amides is 1. The molecule has 0 aliphatic carbocycles. The summed E-state index contributed by atoms with van der Waals surface area (Å²) >= 11 is 5.72. The van der Waals surface area contributed by atoms with Crippen LogP contribution in [0.5, 0.6) is 5.75 Å². The van der Waals surface area contributed by atoms with Crippen molar-refractivity contribution in [2.75, 3.05) is 17.7 Å². The Balaban J connectivity index is 1.78. The Labute approximate surface area is 154 Å². The zero-order chi connectivity index (χ0) is 18.5. The van der Waals surface area contributed by atoms with Gasteiger partial charge in [-0.25, -0.2) is 4.39 Å². The van der Waals surface area contributed by atoms with Crippen LogP contribution in [-0.4, -0.2) is 18.0 Å². The molecular formula is C19H15ClFN3O2. The van der Waals surface area contributed by atoms with Crippen LogP contribution in [0.3, 0.4) is 0 Å². The molecule has 7 heteroatoms. The van der Waals surface area contributed by atoms with E-state index in [1.807, 2.05) is 24.3 Å². The average molecular weight is 372 g/mol. The summed E-state index contributed by atoms with van der Waals surface area (Å²) in [5.41, 5.74) is 2.02. The van der Waals surface area contributed by atoms with Gasteiger partial charge in [-0.05, 0) is 42.5 Å². The van der Waals surface area contributed by atoms with E-state index in [-0.39, 0.29) is 10.7 Å². The highest BCUT2D eigenvalue weighted by atomic mass is 35.5. The molecule has 0 spiro atoms. The van der Waals surface area contributed by atoms with Gasteiger partial charge >= 0.3 is 0 Å². The standard InChI is InChI=1S/C19H15ClFN3O2/c1-26-18-5-3-2-4-16(18)23-13-8-9-22-17(11-13)19(25)24-12-6-7-15(21)14(20)10-12/h2-11H,1H3,(H,22,23)(H,24,25). The second-order valence-corrected chi connectivity index (χ2v) is 5.75. The number of hydrogen-bond acceptors (Lipinski definition) is 4. The van der Waals surface area contributed by atoms with Crippen molar-refractivity contribution in [3.05, 3.63) is 77.3 Å². The molecule has 5 nitrogen and oxygen atoms in total. The number of rotatable bonds is 5. The first-order valence-electron chi connectivity index (χ1n) is 7.69. The second-order valence-electron chi connectivity index (χ2n) is 5.34. The molecule has 0 radical (unpaired) electrons. The molecule has 3 rings (SSSR count). The highest BCUT2D eigenvalue weighted by molar-refractivity contribution is 6.31. The number of ether oxygens (including phenoxy) is 1. The van der Waals surface area contributed by atoms with Crippen molar-refractivity contribution in [3.63, 3.8) is 0 Å². The summed E-state index contributed by atoms with van der Waals surface area (Å²) in [6, 6.07) is 14.7. The maximum absolute atomic E-state index is 13.2. The lowest BCUT2D eigenvalue weighted by Crippen LogP contribution is -2.14. The molecule has 0 unspecified atom stereocenters. The number of carbonyl (C=O) groups excluding carboxylic acids is 1. The second kappa shape index (κ2) is 7.84. The molecule has 0 saturated carbocycles. The van der Waals surface area contributed by atoms with Crippen LogP contribution in [0.4, 0.5) is 21.5 Å². The van der Waals surface area contributed by atoms with Crippen molar-refractivity contribution >= 4 is 34.6 Å². The minimum Gasteiger partial charge on any atom is -0.495 e. The van der Waals surface area contributed by atoms with Crippen LogP contribution >= 0.6 is 11.6 Å². The number of methoxy groups -OCH3 is 1. The van der Waals surface area contributed by atoms with Gasteiger partial charge in [0.2, 0.25) is 0 Å². The minimum absolute atomic E-state index is 0.0673. The van der Waals surface area contributed by atoms with E-state index in [0.717, 1.165) is 5.69 Å². The topological polar surface area (TPSA) is 63.2 Å². The van der Waals surface area contributed by atoms with Gasteiger partial charge < -0.3 is 15.4 Å². The molecule has 2 aromatic carbocycles. The fourth-order valence-electron chi connectivity index (χ4n) is 2.30. The largest absolute Gasteiger partial charge is 0.495 e. The Bertz CT molecular complexity index is 950. The maximum Gasteiger partial charge on any atom is 0.274 e. The molecule has 2 N–H and O–H groups in total. The predicted octanol–water partition coefficient (Wildman–Crippen LogP) is 4.88. The quantitative estimate of drug-likeness (QED) is 0.671. The van der Waals surface area contributed by atoms with E-state index in [4.69, 9.17) is 16.3 Å². The average Bonchev–Trinajstić information content (AvgIpc) is 2.65. The van der Waals surface area contributed by atoms with Crippen molar-refractivity contribution in [1.82, 2.24) is 4.98 Å². The van der Waals surface area contributed by atoms with E-state index in [1.165, 1.54) is 24.4 Å². The Morgan fingerprint density at radius 1 is 1.12 bits per heavy atom. The molecule has 0 aliphatic heterocycles. The number of nitrogens with zero attached hydrogens (tertiary/aromatic N) is 1. The highest BCUT2D eigenvalue weighted by Gasteiger charge is 2.11. The van der Waals surface area contributed by atoms with E-state index < -0.39 is 11.7 Å². The van der Waals surface area contributed by atoms with Gasteiger partial charge in [0, 0.05) is 17.6 Å². The lowest BCUT2D eigenvalue weighted by Gasteiger charge is -2.11. The smallest absolute Gasteiger partial charge is 0.274 e. The predicted molar refractivity (Wildman–Crippen MR) is 99.9 cm³/mol. The Morgan fingerprint density at radius 2 is 1.92 bits per heavy atom. The molecule has 0 bridgehead atoms. The van der Waals surface area contributed by atoms with Gasteiger partial charge in [-0.1, -0.05) is 23.7 Å². The van der Waals surface area contributed by atoms with E-state index in [9.17, 15) is 9.18 Å². The van der Waals surface area contributed by atoms with Crippen LogP contribution in [0.15, 0.2) is 60.8 Å². The van der Waals surface area contributed by atoms with Gasteiger partial charge in [0.05, 0.1) is 17.8 Å². The third-order valence-electron chi connectivity index (χ3n) is 3.56. The molecule has 132 valence electrons. The van der Waals surface area contributed by atoms with Crippen LogP contribution in [0.1, 0.15) is 10.5 Å². The summed E-state index contributed by atoms with van der Waals surface area (Å²) in [6.07, 6.45) is 1.52. The van der Waals surface area contributed by atoms with Gasteiger partial charge in [-0.3, -0.25) is 9.78 Å². The van der Waals surface area contributed by atoms with Crippen molar-refractivity contribution in [1.29, 1.82) is 0 Å². The fraction of sp³-hybridized carbons (Fsp3) is 0.0526. The van der Waals surface area contributed by atoms with Crippen molar-refractivity contribution in [3.8, 4) is 5.75 Å². The molecule has 1 aromatic heterocycles. The zero-order valence-electron chi connectivity index (χ0n) is 13.8. The number of benzene rings is 2. The summed E-state index contributed by atoms with van der Waals surface area (Å²) in [4.78, 5) is 16.4. The minimum atomic E-state index is -0.550. The number of para-hydroxylation sites is 2. The summed E-state index contributed by atoms with van der Waals surface area (Å²) < 4.78 is 18.5. The molecule has 0 saturated heterocycles. The number of carbonyl (C=O) groups is 1. The Kier molecular flexibility index (Phi) is 5.34. The molecule has 1 heterocycles. The van der Waals surface area contributed by atoms with E-state index >= 15 is 0 Å². The van der Waals surface area contributed by atoms with Gasteiger partial charge in [0.15, 0.2) is 0 Å². The highest BCUT2D eigenvalue weighted by Crippen LogP contribution is 2.27. The molecule has 3 aromatic rings. The third kappa shape index (κ3) is 4.10. The molecular weight excluding hydrogens is 357 g/mol. The lowest BCUT2D eigenvalue weighted by molar-refractivity contribution is 0.102. The molecule has 0 aliphatic rings. The normalized spacial score (nSPS) is 10.3. The first-order valence-corrected chi connectivity index (χ1v) is 8.07. The molecule has 1 amide bonds. The van der Waals surface area contributed by atoms with Crippen molar-refractivity contribution in [2.24, 2.45) is 0 Å². The van der Waals surface area contributed by atoms with Crippen LogP contribution in [-0.2, 0) is 0 Å². The fourth-order valence-corrected chi connectivity index (χ4v) is 2.49. The zero-order valence-corrected chi connectivity index (χ0v) is 14.5. The number of nitrogens with one attached hydrogen (secondary N) is 2. The molecule has 0 atom stereocenters. The van der Waals surface area contributed by atoms with Crippen molar-refractivity contribution < 1.29 is 13.9 Å². The van der Waals surface area contributed by atoms with Gasteiger partial charge in [0.1, 0.15) is 17.3 Å². The SMILES string of the molecule is COc1ccccc1Nc1ccnc(C(=O)Nc2ccc(F)c(Cl)c2)c1. The summed E-state index contributed by atoms with van der Waals surface area (Å²) in [5, 5.41) is 5.75. The van der Waals surface area contributed by atoms with E-state index in [0.29, 0.717) is 17.1 Å². The Morgan fingerprint density at radius 3 is 2.69 bits per heavy atom. The van der Waals surface area contributed by atoms with Gasteiger partial charge in [0.25, 0.3) is 5.91 Å².